The lowest BCUT2D eigenvalue weighted by Gasteiger charge is -2.46. The molecule has 1 saturated heterocycles. The maximum Gasteiger partial charge on any atom is 0.251 e. The molecule has 1 aliphatic heterocycles. The van der Waals surface area contributed by atoms with Gasteiger partial charge in [-0.15, -0.1) is 0 Å². The van der Waals surface area contributed by atoms with Crippen molar-refractivity contribution in [2.24, 2.45) is 0 Å². The van der Waals surface area contributed by atoms with Crippen LogP contribution in [0.15, 0.2) is 40.9 Å². The van der Waals surface area contributed by atoms with Crippen LogP contribution >= 0.6 is 27.5 Å². The molecule has 0 aromatic heterocycles. The highest BCUT2D eigenvalue weighted by Gasteiger charge is 2.38. The lowest BCUT2D eigenvalue weighted by molar-refractivity contribution is 0.0873. The first-order valence-electron chi connectivity index (χ1n) is 9.75. The first-order chi connectivity index (χ1) is 14.0. The van der Waals surface area contributed by atoms with Crippen LogP contribution in [-0.4, -0.2) is 23.0 Å². The van der Waals surface area contributed by atoms with E-state index in [-0.39, 0.29) is 23.0 Å². The summed E-state index contributed by atoms with van der Waals surface area (Å²) in [7, 11) is 0. The van der Waals surface area contributed by atoms with Gasteiger partial charge in [-0.2, -0.15) is 5.26 Å². The molecule has 7 heteroatoms. The minimum atomic E-state index is -0.165. The zero-order valence-corrected chi connectivity index (χ0v) is 19.8. The Hall–Kier alpha value is -2.07. The van der Waals surface area contributed by atoms with E-state index < -0.39 is 0 Å². The molecule has 1 fully saturated rings. The number of halogens is 2. The molecule has 3 rings (SSSR count). The Morgan fingerprint density at radius 2 is 1.83 bits per heavy atom. The fourth-order valence-electron chi connectivity index (χ4n) is 4.21. The number of amides is 1. The van der Waals surface area contributed by atoms with Gasteiger partial charge in [-0.05, 0) is 76.9 Å². The van der Waals surface area contributed by atoms with Gasteiger partial charge in [0.2, 0.25) is 0 Å². The minimum absolute atomic E-state index is 0.0581. The number of rotatable bonds is 4. The van der Waals surface area contributed by atoms with Crippen LogP contribution in [-0.2, 0) is 0 Å². The number of carbonyl (C=O) groups excluding carboxylic acids is 1. The second kappa shape index (κ2) is 8.58. The standard InChI is InChI=1S/C23H25BrClN3O2/c1-22(2)11-17(12-23(3,4)28-22)27-21(29)14-6-8-19(18(25)9-14)30-20-10-16(24)7-5-15(20)13-26/h5-10,17,28H,11-12H2,1-4H3,(H,27,29). The fourth-order valence-corrected chi connectivity index (χ4v) is 4.77. The lowest BCUT2D eigenvalue weighted by Crippen LogP contribution is -2.62. The highest BCUT2D eigenvalue weighted by atomic mass is 79.9. The zero-order chi connectivity index (χ0) is 22.1. The molecule has 0 atom stereocenters. The van der Waals surface area contributed by atoms with Gasteiger partial charge in [0, 0.05) is 27.2 Å². The highest BCUT2D eigenvalue weighted by Crippen LogP contribution is 2.34. The van der Waals surface area contributed by atoms with Crippen LogP contribution in [0.4, 0.5) is 0 Å². The average Bonchev–Trinajstić information content (AvgIpc) is 2.60. The summed E-state index contributed by atoms with van der Waals surface area (Å²) in [5.41, 5.74) is 0.748. The first-order valence-corrected chi connectivity index (χ1v) is 10.9. The molecule has 158 valence electrons. The summed E-state index contributed by atoms with van der Waals surface area (Å²) in [4.78, 5) is 12.8. The van der Waals surface area contributed by atoms with Gasteiger partial charge < -0.3 is 15.4 Å². The number of nitriles is 1. The predicted octanol–water partition coefficient (Wildman–Crippen LogP) is 5.81. The first kappa shape index (κ1) is 22.6. The van der Waals surface area contributed by atoms with Crippen molar-refractivity contribution in [2.75, 3.05) is 0 Å². The van der Waals surface area contributed by atoms with E-state index in [0.717, 1.165) is 17.3 Å². The number of nitrogens with one attached hydrogen (secondary N) is 2. The number of nitrogens with zero attached hydrogens (tertiary/aromatic N) is 1. The van der Waals surface area contributed by atoms with E-state index in [2.05, 4.69) is 60.3 Å². The molecule has 0 radical (unpaired) electrons. The number of ether oxygens (including phenoxy) is 1. The molecule has 2 aromatic carbocycles. The predicted molar refractivity (Wildman–Crippen MR) is 122 cm³/mol. The number of piperidine rings is 1. The zero-order valence-electron chi connectivity index (χ0n) is 17.5. The van der Waals surface area contributed by atoms with Crippen molar-refractivity contribution >= 4 is 33.4 Å². The van der Waals surface area contributed by atoms with Crippen molar-refractivity contribution in [2.45, 2.75) is 57.7 Å². The van der Waals surface area contributed by atoms with Crippen LogP contribution in [0.2, 0.25) is 5.02 Å². The van der Waals surface area contributed by atoms with Crippen molar-refractivity contribution in [1.82, 2.24) is 10.6 Å². The Labute approximate surface area is 190 Å². The van der Waals surface area contributed by atoms with Crippen LogP contribution in [0.1, 0.15) is 56.5 Å². The third kappa shape index (κ3) is 5.54. The van der Waals surface area contributed by atoms with Gasteiger partial charge in [-0.1, -0.05) is 27.5 Å². The van der Waals surface area contributed by atoms with Crippen molar-refractivity contribution in [3.63, 3.8) is 0 Å². The van der Waals surface area contributed by atoms with E-state index >= 15 is 0 Å². The topological polar surface area (TPSA) is 74.1 Å². The molecule has 1 amide bonds. The molecular weight excluding hydrogens is 466 g/mol. The van der Waals surface area contributed by atoms with Gasteiger partial charge in [-0.25, -0.2) is 0 Å². The molecule has 5 nitrogen and oxygen atoms in total. The SMILES string of the molecule is CC1(C)CC(NC(=O)c2ccc(Oc3cc(Br)ccc3C#N)c(Cl)c2)CC(C)(C)N1. The van der Waals surface area contributed by atoms with Gasteiger partial charge in [0.15, 0.2) is 0 Å². The van der Waals surface area contributed by atoms with Crippen LogP contribution in [0, 0.1) is 11.3 Å². The summed E-state index contributed by atoms with van der Waals surface area (Å²) in [6, 6.07) is 12.2. The normalized spacial score (nSPS) is 17.8. The van der Waals surface area contributed by atoms with Crippen LogP contribution in [0.3, 0.4) is 0 Å². The van der Waals surface area contributed by atoms with Crippen molar-refractivity contribution in [3.8, 4) is 17.6 Å². The van der Waals surface area contributed by atoms with Gasteiger partial charge in [0.05, 0.1) is 10.6 Å². The maximum absolute atomic E-state index is 12.8. The summed E-state index contributed by atoms with van der Waals surface area (Å²) in [6.45, 7) is 8.59. The van der Waals surface area contributed by atoms with E-state index in [1.165, 1.54) is 0 Å². The number of benzene rings is 2. The third-order valence-electron chi connectivity index (χ3n) is 5.00. The molecule has 0 spiro atoms. The summed E-state index contributed by atoms with van der Waals surface area (Å²) >= 11 is 9.75. The summed E-state index contributed by atoms with van der Waals surface area (Å²) in [5.74, 6) is 0.610. The van der Waals surface area contributed by atoms with Gasteiger partial charge >= 0.3 is 0 Å². The largest absolute Gasteiger partial charge is 0.454 e. The minimum Gasteiger partial charge on any atom is -0.454 e. The maximum atomic E-state index is 12.8. The second-order valence-corrected chi connectivity index (χ2v) is 10.3. The Bertz CT molecular complexity index is 998. The fraction of sp³-hybridized carbons (Fsp3) is 0.391. The quantitative estimate of drug-likeness (QED) is 0.567. The number of carbonyl (C=O) groups is 1. The van der Waals surface area contributed by atoms with Crippen LogP contribution in [0.25, 0.3) is 0 Å². The third-order valence-corrected chi connectivity index (χ3v) is 5.79. The van der Waals surface area contributed by atoms with E-state index in [1.807, 2.05) is 0 Å². The van der Waals surface area contributed by atoms with E-state index in [9.17, 15) is 10.1 Å². The molecular formula is C23H25BrClN3O2. The summed E-state index contributed by atoms with van der Waals surface area (Å²) in [6.07, 6.45) is 1.69. The van der Waals surface area contributed by atoms with Crippen molar-refractivity contribution in [3.05, 3.63) is 57.0 Å². The van der Waals surface area contributed by atoms with E-state index in [1.54, 1.807) is 36.4 Å². The summed E-state index contributed by atoms with van der Waals surface area (Å²) < 4.78 is 6.62. The van der Waals surface area contributed by atoms with E-state index in [0.29, 0.717) is 27.6 Å². The van der Waals surface area contributed by atoms with Gasteiger partial charge in [-0.3, -0.25) is 4.79 Å². The molecule has 1 aliphatic rings. The van der Waals surface area contributed by atoms with Gasteiger partial charge in [0.1, 0.15) is 17.6 Å². The number of hydrogen-bond acceptors (Lipinski definition) is 4. The lowest BCUT2D eigenvalue weighted by atomic mass is 9.79. The molecule has 0 aliphatic carbocycles. The Kier molecular flexibility index (Phi) is 6.47. The average molecular weight is 491 g/mol. The van der Waals surface area contributed by atoms with Crippen molar-refractivity contribution < 1.29 is 9.53 Å². The molecule has 0 saturated carbocycles. The summed E-state index contributed by atoms with van der Waals surface area (Å²) in [5, 5.41) is 16.3. The van der Waals surface area contributed by atoms with Crippen molar-refractivity contribution in [1.29, 1.82) is 5.26 Å². The Morgan fingerprint density at radius 1 is 1.17 bits per heavy atom. The Balaban J connectivity index is 1.75. The van der Waals surface area contributed by atoms with Gasteiger partial charge in [0.25, 0.3) is 5.91 Å². The molecule has 0 unspecified atom stereocenters. The highest BCUT2D eigenvalue weighted by molar-refractivity contribution is 9.10. The van der Waals surface area contributed by atoms with Crippen LogP contribution in [0.5, 0.6) is 11.5 Å². The molecule has 1 heterocycles. The monoisotopic (exact) mass is 489 g/mol. The molecule has 30 heavy (non-hydrogen) atoms. The molecule has 2 aromatic rings. The smallest absolute Gasteiger partial charge is 0.251 e. The van der Waals surface area contributed by atoms with E-state index in [4.69, 9.17) is 16.3 Å². The molecule has 2 N–H and O–H groups in total. The number of hydrogen-bond donors (Lipinski definition) is 2. The Morgan fingerprint density at radius 3 is 2.43 bits per heavy atom. The molecule has 0 bridgehead atoms. The second-order valence-electron chi connectivity index (χ2n) is 8.97. The van der Waals surface area contributed by atoms with Crippen LogP contribution < -0.4 is 15.4 Å².